The fraction of sp³-hybridized carbons (Fsp3) is 0.458. The number of aryl methyl sites for hydroxylation is 1. The molecule has 0 saturated carbocycles. The topological polar surface area (TPSA) is 79.0 Å². The number of hydrogen-bond donors (Lipinski definition) is 1. The second kappa shape index (κ2) is 9.50. The molecule has 2 aromatic rings. The van der Waals surface area contributed by atoms with Crippen LogP contribution in [0.3, 0.4) is 0 Å². The number of amides is 1. The SMILES string of the molecule is Cc1ccc2c(c1)N(S(C)(=O)=O)CC(C(=O)NCc1ccccc1CN1CCCCC1)O2. The Labute approximate surface area is 190 Å². The maximum Gasteiger partial charge on any atom is 0.263 e. The number of carbonyl (C=O) groups excluding carboxylic acids is 1. The van der Waals surface area contributed by atoms with Gasteiger partial charge in [0.2, 0.25) is 10.0 Å². The van der Waals surface area contributed by atoms with Gasteiger partial charge < -0.3 is 10.1 Å². The molecule has 4 rings (SSSR count). The van der Waals surface area contributed by atoms with Gasteiger partial charge in [-0.2, -0.15) is 0 Å². The Morgan fingerprint density at radius 2 is 1.81 bits per heavy atom. The number of ether oxygens (including phenoxy) is 1. The van der Waals surface area contributed by atoms with Crippen LogP contribution in [-0.4, -0.2) is 51.2 Å². The van der Waals surface area contributed by atoms with Crippen LogP contribution in [0.2, 0.25) is 0 Å². The molecule has 0 aliphatic carbocycles. The van der Waals surface area contributed by atoms with Crippen LogP contribution < -0.4 is 14.4 Å². The molecule has 2 aliphatic rings. The third-order valence-corrected chi connectivity index (χ3v) is 7.24. The summed E-state index contributed by atoms with van der Waals surface area (Å²) >= 11 is 0. The maximum absolute atomic E-state index is 13.0. The standard InChI is InChI=1S/C24H31N3O4S/c1-18-10-11-22-21(14-18)27(32(2,29)30)17-23(31-22)24(28)25-15-19-8-4-5-9-20(19)16-26-12-6-3-7-13-26/h4-5,8-11,14,23H,3,6-7,12-13,15-17H2,1-2H3,(H,25,28). The monoisotopic (exact) mass is 457 g/mol. The van der Waals surface area contributed by atoms with E-state index in [1.807, 2.05) is 31.2 Å². The zero-order valence-electron chi connectivity index (χ0n) is 18.7. The normalized spacial score (nSPS) is 19.2. The van der Waals surface area contributed by atoms with E-state index < -0.39 is 16.1 Å². The number of nitrogens with zero attached hydrogens (tertiary/aromatic N) is 2. The maximum atomic E-state index is 13.0. The molecular formula is C24H31N3O4S. The van der Waals surface area contributed by atoms with Gasteiger partial charge in [-0.05, 0) is 61.7 Å². The number of piperidine rings is 1. The summed E-state index contributed by atoms with van der Waals surface area (Å²) in [5.74, 6) is 0.0792. The van der Waals surface area contributed by atoms with Gasteiger partial charge in [0.25, 0.3) is 5.91 Å². The van der Waals surface area contributed by atoms with Gasteiger partial charge in [0.15, 0.2) is 6.10 Å². The number of benzene rings is 2. The minimum Gasteiger partial charge on any atom is -0.476 e. The molecule has 1 saturated heterocycles. The predicted molar refractivity (Wildman–Crippen MR) is 125 cm³/mol. The van der Waals surface area contributed by atoms with Gasteiger partial charge in [-0.3, -0.25) is 14.0 Å². The number of fused-ring (bicyclic) bond motifs is 1. The predicted octanol–water partition coefficient (Wildman–Crippen LogP) is 2.82. The summed E-state index contributed by atoms with van der Waals surface area (Å²) in [5.41, 5.74) is 3.67. The van der Waals surface area contributed by atoms with Crippen LogP contribution in [0.25, 0.3) is 0 Å². The van der Waals surface area contributed by atoms with Crippen molar-refractivity contribution < 1.29 is 17.9 Å². The first kappa shape index (κ1) is 22.6. The molecule has 32 heavy (non-hydrogen) atoms. The number of nitrogens with one attached hydrogen (secondary N) is 1. The molecular weight excluding hydrogens is 426 g/mol. The van der Waals surface area contributed by atoms with Crippen molar-refractivity contribution in [1.82, 2.24) is 10.2 Å². The Morgan fingerprint density at radius 1 is 1.09 bits per heavy atom. The Hall–Kier alpha value is -2.58. The molecule has 8 heteroatoms. The van der Waals surface area contributed by atoms with E-state index in [1.54, 1.807) is 12.1 Å². The molecule has 0 aromatic heterocycles. The van der Waals surface area contributed by atoms with Gasteiger partial charge >= 0.3 is 0 Å². The highest BCUT2D eigenvalue weighted by Crippen LogP contribution is 2.35. The third-order valence-electron chi connectivity index (χ3n) is 6.09. The third kappa shape index (κ3) is 5.24. The zero-order valence-corrected chi connectivity index (χ0v) is 19.5. The van der Waals surface area contributed by atoms with Crippen molar-refractivity contribution in [2.75, 3.05) is 30.2 Å². The van der Waals surface area contributed by atoms with E-state index in [2.05, 4.69) is 16.3 Å². The summed E-state index contributed by atoms with van der Waals surface area (Å²) in [4.78, 5) is 15.4. The van der Waals surface area contributed by atoms with Crippen LogP contribution in [0, 0.1) is 6.92 Å². The molecule has 2 aromatic carbocycles. The summed E-state index contributed by atoms with van der Waals surface area (Å²) in [6.07, 6.45) is 4.00. The summed E-state index contributed by atoms with van der Waals surface area (Å²) in [6.45, 7) is 5.31. The fourth-order valence-corrected chi connectivity index (χ4v) is 5.26. The molecule has 0 radical (unpaired) electrons. The number of rotatable bonds is 6. The van der Waals surface area contributed by atoms with Crippen molar-refractivity contribution in [3.05, 3.63) is 59.2 Å². The second-order valence-corrected chi connectivity index (χ2v) is 10.6. The van der Waals surface area contributed by atoms with Crippen molar-refractivity contribution in [1.29, 1.82) is 0 Å². The Morgan fingerprint density at radius 3 is 2.53 bits per heavy atom. The van der Waals surface area contributed by atoms with Crippen LogP contribution in [0.4, 0.5) is 5.69 Å². The highest BCUT2D eigenvalue weighted by Gasteiger charge is 2.35. The van der Waals surface area contributed by atoms with Crippen LogP contribution in [0.1, 0.15) is 36.0 Å². The molecule has 1 fully saturated rings. The van der Waals surface area contributed by atoms with Crippen molar-refractivity contribution in [2.45, 2.75) is 45.4 Å². The van der Waals surface area contributed by atoms with Gasteiger partial charge in [-0.1, -0.05) is 36.8 Å². The van der Waals surface area contributed by atoms with Crippen LogP contribution in [-0.2, 0) is 27.9 Å². The molecule has 1 amide bonds. The van der Waals surface area contributed by atoms with E-state index in [0.29, 0.717) is 18.0 Å². The first-order valence-electron chi connectivity index (χ1n) is 11.1. The molecule has 2 heterocycles. The van der Waals surface area contributed by atoms with Gasteiger partial charge in [-0.25, -0.2) is 8.42 Å². The average molecular weight is 458 g/mol. The number of carbonyl (C=O) groups is 1. The summed E-state index contributed by atoms with van der Waals surface area (Å²) < 4.78 is 31.9. The average Bonchev–Trinajstić information content (AvgIpc) is 2.77. The smallest absolute Gasteiger partial charge is 0.263 e. The van der Waals surface area contributed by atoms with Crippen LogP contribution in [0.5, 0.6) is 5.75 Å². The first-order valence-corrected chi connectivity index (χ1v) is 13.0. The Bertz CT molecular complexity index is 1080. The van der Waals surface area contributed by atoms with Gasteiger partial charge in [-0.15, -0.1) is 0 Å². The zero-order chi connectivity index (χ0) is 22.7. The van der Waals surface area contributed by atoms with E-state index in [9.17, 15) is 13.2 Å². The van der Waals surface area contributed by atoms with Gasteiger partial charge in [0, 0.05) is 13.1 Å². The lowest BCUT2D eigenvalue weighted by Gasteiger charge is -2.34. The number of sulfonamides is 1. The number of likely N-dealkylation sites (tertiary alicyclic amines) is 1. The van der Waals surface area contributed by atoms with E-state index >= 15 is 0 Å². The molecule has 0 spiro atoms. The Balaban J connectivity index is 1.45. The van der Waals surface area contributed by atoms with Gasteiger partial charge in [0.05, 0.1) is 18.5 Å². The molecule has 2 aliphatic heterocycles. The van der Waals surface area contributed by atoms with Crippen molar-refractivity contribution in [3.8, 4) is 5.75 Å². The lowest BCUT2D eigenvalue weighted by atomic mass is 10.0. The fourth-order valence-electron chi connectivity index (χ4n) is 4.35. The largest absolute Gasteiger partial charge is 0.476 e. The lowest BCUT2D eigenvalue weighted by Crippen LogP contribution is -2.50. The first-order chi connectivity index (χ1) is 15.3. The number of anilines is 1. The summed E-state index contributed by atoms with van der Waals surface area (Å²) in [6, 6.07) is 13.5. The lowest BCUT2D eigenvalue weighted by molar-refractivity contribution is -0.127. The molecule has 1 unspecified atom stereocenters. The second-order valence-electron chi connectivity index (χ2n) is 8.70. The van der Waals surface area contributed by atoms with Gasteiger partial charge in [0.1, 0.15) is 5.75 Å². The van der Waals surface area contributed by atoms with E-state index in [1.165, 1.54) is 29.1 Å². The molecule has 1 N–H and O–H groups in total. The van der Waals surface area contributed by atoms with Crippen molar-refractivity contribution >= 4 is 21.6 Å². The molecule has 172 valence electrons. The van der Waals surface area contributed by atoms with E-state index in [4.69, 9.17) is 4.74 Å². The van der Waals surface area contributed by atoms with E-state index in [-0.39, 0.29) is 12.5 Å². The highest BCUT2D eigenvalue weighted by molar-refractivity contribution is 7.92. The summed E-state index contributed by atoms with van der Waals surface area (Å²) in [7, 11) is -3.54. The highest BCUT2D eigenvalue weighted by atomic mass is 32.2. The quantitative estimate of drug-likeness (QED) is 0.722. The minimum absolute atomic E-state index is 0.0451. The summed E-state index contributed by atoms with van der Waals surface area (Å²) in [5, 5.41) is 2.96. The molecule has 0 bridgehead atoms. The van der Waals surface area contributed by atoms with E-state index in [0.717, 1.165) is 37.0 Å². The molecule has 1 atom stereocenters. The molecule has 7 nitrogen and oxygen atoms in total. The van der Waals surface area contributed by atoms with Crippen LogP contribution in [0.15, 0.2) is 42.5 Å². The van der Waals surface area contributed by atoms with Crippen LogP contribution >= 0.6 is 0 Å². The minimum atomic E-state index is -3.54. The van der Waals surface area contributed by atoms with Crippen molar-refractivity contribution in [2.24, 2.45) is 0 Å². The van der Waals surface area contributed by atoms with Crippen molar-refractivity contribution in [3.63, 3.8) is 0 Å². The number of hydrogen-bond acceptors (Lipinski definition) is 5. The Kier molecular flexibility index (Phi) is 6.71.